The molecule has 1 amide bonds. The summed E-state index contributed by atoms with van der Waals surface area (Å²) in [5, 5.41) is 2.93. The fraction of sp³-hybridized carbons (Fsp3) is 0.923. The fourth-order valence-corrected chi connectivity index (χ4v) is 3.35. The average Bonchev–Trinajstić information content (AvgIpc) is 2.32. The standard InChI is InChI=1S/C13H24N2O/c1-15-8-6-12(7-9-15)11-2-4-13(5-3-11)14-10-16/h10-13H,2-9H2,1H3,(H,14,16). The molecule has 2 rings (SSSR count). The number of nitrogens with zero attached hydrogens (tertiary/aromatic N) is 1. The van der Waals surface area contributed by atoms with Gasteiger partial charge in [-0.25, -0.2) is 0 Å². The molecule has 0 radical (unpaired) electrons. The molecule has 16 heavy (non-hydrogen) atoms. The predicted octanol–water partition coefficient (Wildman–Crippen LogP) is 1.63. The van der Waals surface area contributed by atoms with Gasteiger partial charge in [0.1, 0.15) is 0 Å². The molecule has 0 aromatic heterocycles. The lowest BCUT2D eigenvalue weighted by Gasteiger charge is -2.38. The molecule has 0 bridgehead atoms. The lowest BCUT2D eigenvalue weighted by Crippen LogP contribution is -2.37. The molecule has 3 nitrogen and oxygen atoms in total. The maximum Gasteiger partial charge on any atom is 0.207 e. The minimum Gasteiger partial charge on any atom is -0.356 e. The maximum absolute atomic E-state index is 10.4. The van der Waals surface area contributed by atoms with Crippen LogP contribution in [0.3, 0.4) is 0 Å². The number of piperidine rings is 1. The smallest absolute Gasteiger partial charge is 0.207 e. The molecule has 0 atom stereocenters. The van der Waals surface area contributed by atoms with Crippen molar-refractivity contribution in [2.75, 3.05) is 20.1 Å². The van der Waals surface area contributed by atoms with Crippen molar-refractivity contribution >= 4 is 6.41 Å². The normalized spacial score (nSPS) is 33.6. The minimum absolute atomic E-state index is 0.458. The number of hydrogen-bond donors (Lipinski definition) is 1. The molecular weight excluding hydrogens is 200 g/mol. The fourth-order valence-electron chi connectivity index (χ4n) is 3.35. The summed E-state index contributed by atoms with van der Waals surface area (Å²) in [5.41, 5.74) is 0. The van der Waals surface area contributed by atoms with Gasteiger partial charge in [0.15, 0.2) is 0 Å². The molecule has 0 spiro atoms. The second-order valence-electron chi connectivity index (χ2n) is 5.54. The van der Waals surface area contributed by atoms with E-state index in [1.807, 2.05) is 0 Å². The highest BCUT2D eigenvalue weighted by Gasteiger charge is 2.29. The Morgan fingerprint density at radius 1 is 1.00 bits per heavy atom. The van der Waals surface area contributed by atoms with Crippen molar-refractivity contribution in [2.45, 2.75) is 44.6 Å². The zero-order valence-electron chi connectivity index (χ0n) is 10.3. The first-order chi connectivity index (χ1) is 7.79. The van der Waals surface area contributed by atoms with Crippen molar-refractivity contribution < 1.29 is 4.79 Å². The minimum atomic E-state index is 0.458. The van der Waals surface area contributed by atoms with Crippen molar-refractivity contribution in [3.63, 3.8) is 0 Å². The second kappa shape index (κ2) is 5.67. The lowest BCUT2D eigenvalue weighted by molar-refractivity contribution is -0.110. The molecule has 3 heteroatoms. The molecule has 1 aliphatic carbocycles. The van der Waals surface area contributed by atoms with E-state index in [0.29, 0.717) is 6.04 Å². The number of hydrogen-bond acceptors (Lipinski definition) is 2. The summed E-state index contributed by atoms with van der Waals surface area (Å²) in [7, 11) is 2.22. The second-order valence-corrected chi connectivity index (χ2v) is 5.54. The molecular formula is C13H24N2O. The van der Waals surface area contributed by atoms with Gasteiger partial charge in [-0.2, -0.15) is 0 Å². The van der Waals surface area contributed by atoms with E-state index in [2.05, 4.69) is 17.3 Å². The van der Waals surface area contributed by atoms with E-state index in [4.69, 9.17) is 0 Å². The van der Waals surface area contributed by atoms with Crippen LogP contribution in [0.25, 0.3) is 0 Å². The van der Waals surface area contributed by atoms with Crippen molar-refractivity contribution in [3.8, 4) is 0 Å². The van der Waals surface area contributed by atoms with E-state index in [-0.39, 0.29) is 0 Å². The Labute approximate surface area is 98.6 Å². The third kappa shape index (κ3) is 2.97. The summed E-state index contributed by atoms with van der Waals surface area (Å²) in [5.74, 6) is 1.88. The third-order valence-electron chi connectivity index (χ3n) is 4.51. The first-order valence-electron chi connectivity index (χ1n) is 6.68. The van der Waals surface area contributed by atoms with Gasteiger partial charge in [0.05, 0.1) is 0 Å². The van der Waals surface area contributed by atoms with Gasteiger partial charge in [0.25, 0.3) is 0 Å². The number of nitrogens with one attached hydrogen (secondary N) is 1. The van der Waals surface area contributed by atoms with Crippen LogP contribution in [-0.4, -0.2) is 37.5 Å². The summed E-state index contributed by atoms with van der Waals surface area (Å²) in [6, 6.07) is 0.458. The van der Waals surface area contributed by atoms with Crippen LogP contribution in [0.5, 0.6) is 0 Å². The summed E-state index contributed by atoms with van der Waals surface area (Å²) in [4.78, 5) is 12.8. The maximum atomic E-state index is 10.4. The molecule has 1 saturated heterocycles. The predicted molar refractivity (Wildman–Crippen MR) is 65.2 cm³/mol. The summed E-state index contributed by atoms with van der Waals surface area (Å²) in [6.07, 6.45) is 8.64. The molecule has 2 aliphatic rings. The summed E-state index contributed by atoms with van der Waals surface area (Å²) in [6.45, 7) is 2.55. The molecule has 1 saturated carbocycles. The number of carbonyl (C=O) groups excluding carboxylic acids is 1. The molecule has 1 N–H and O–H groups in total. The topological polar surface area (TPSA) is 32.3 Å². The first-order valence-corrected chi connectivity index (χ1v) is 6.68. The highest BCUT2D eigenvalue weighted by Crippen LogP contribution is 2.35. The quantitative estimate of drug-likeness (QED) is 0.739. The van der Waals surface area contributed by atoms with Crippen molar-refractivity contribution in [2.24, 2.45) is 11.8 Å². The Hall–Kier alpha value is -0.570. The van der Waals surface area contributed by atoms with Gasteiger partial charge < -0.3 is 10.2 Å². The van der Waals surface area contributed by atoms with Gasteiger partial charge in [-0.15, -0.1) is 0 Å². The van der Waals surface area contributed by atoms with Crippen LogP contribution in [0.4, 0.5) is 0 Å². The van der Waals surface area contributed by atoms with Crippen LogP contribution in [-0.2, 0) is 4.79 Å². The Bertz CT molecular complexity index is 216. The van der Waals surface area contributed by atoms with E-state index in [1.54, 1.807) is 0 Å². The third-order valence-corrected chi connectivity index (χ3v) is 4.51. The number of likely N-dealkylation sites (tertiary alicyclic amines) is 1. The van der Waals surface area contributed by atoms with Crippen molar-refractivity contribution in [3.05, 3.63) is 0 Å². The molecule has 92 valence electrons. The highest BCUT2D eigenvalue weighted by atomic mass is 16.1. The largest absolute Gasteiger partial charge is 0.356 e. The van der Waals surface area contributed by atoms with Crippen LogP contribution in [0.2, 0.25) is 0 Å². The van der Waals surface area contributed by atoms with Gasteiger partial charge in [0.2, 0.25) is 6.41 Å². The van der Waals surface area contributed by atoms with Gasteiger partial charge in [-0.1, -0.05) is 0 Å². The van der Waals surface area contributed by atoms with E-state index in [9.17, 15) is 4.79 Å². The van der Waals surface area contributed by atoms with Crippen molar-refractivity contribution in [1.29, 1.82) is 0 Å². The SMILES string of the molecule is CN1CCC(C2CCC(NC=O)CC2)CC1. The van der Waals surface area contributed by atoms with Crippen LogP contribution in [0.1, 0.15) is 38.5 Å². The molecule has 0 aromatic carbocycles. The first kappa shape index (κ1) is 11.9. The number of amides is 1. The molecule has 0 unspecified atom stereocenters. The van der Waals surface area contributed by atoms with Crippen LogP contribution >= 0.6 is 0 Å². The van der Waals surface area contributed by atoms with Gasteiger partial charge in [0, 0.05) is 6.04 Å². The monoisotopic (exact) mass is 224 g/mol. The molecule has 1 aliphatic heterocycles. The van der Waals surface area contributed by atoms with E-state index >= 15 is 0 Å². The van der Waals surface area contributed by atoms with E-state index in [1.165, 1.54) is 51.6 Å². The van der Waals surface area contributed by atoms with Crippen LogP contribution < -0.4 is 5.32 Å². The molecule has 0 aromatic rings. The Morgan fingerprint density at radius 3 is 2.12 bits per heavy atom. The Balaban J connectivity index is 1.74. The summed E-state index contributed by atoms with van der Waals surface area (Å²) >= 11 is 0. The van der Waals surface area contributed by atoms with Gasteiger partial charge in [-0.05, 0) is 70.5 Å². The van der Waals surface area contributed by atoms with E-state index < -0.39 is 0 Å². The van der Waals surface area contributed by atoms with E-state index in [0.717, 1.165) is 18.2 Å². The van der Waals surface area contributed by atoms with Crippen LogP contribution in [0, 0.1) is 11.8 Å². The highest BCUT2D eigenvalue weighted by molar-refractivity contribution is 5.46. The lowest BCUT2D eigenvalue weighted by atomic mass is 9.74. The summed E-state index contributed by atoms with van der Waals surface area (Å²) < 4.78 is 0. The Kier molecular flexibility index (Phi) is 4.22. The van der Waals surface area contributed by atoms with Gasteiger partial charge in [-0.3, -0.25) is 4.79 Å². The van der Waals surface area contributed by atoms with Gasteiger partial charge >= 0.3 is 0 Å². The van der Waals surface area contributed by atoms with Crippen LogP contribution in [0.15, 0.2) is 0 Å². The molecule has 2 fully saturated rings. The van der Waals surface area contributed by atoms with Crippen molar-refractivity contribution in [1.82, 2.24) is 10.2 Å². The Morgan fingerprint density at radius 2 is 1.56 bits per heavy atom. The number of carbonyl (C=O) groups is 1. The number of rotatable bonds is 3. The zero-order valence-corrected chi connectivity index (χ0v) is 10.3. The average molecular weight is 224 g/mol. The zero-order chi connectivity index (χ0) is 11.4. The molecule has 1 heterocycles.